The van der Waals surface area contributed by atoms with E-state index in [9.17, 15) is 18.9 Å². The Balaban J connectivity index is 2.12. The fourth-order valence-corrected chi connectivity index (χ4v) is 2.09. The van der Waals surface area contributed by atoms with Gasteiger partial charge in [-0.15, -0.1) is 0 Å². The molecule has 0 aromatic heterocycles. The van der Waals surface area contributed by atoms with Gasteiger partial charge < -0.3 is 10.1 Å². The van der Waals surface area contributed by atoms with Crippen LogP contribution in [0.4, 0.5) is 20.2 Å². The lowest BCUT2D eigenvalue weighted by Gasteiger charge is -2.22. The van der Waals surface area contributed by atoms with Crippen LogP contribution >= 0.6 is 0 Å². The van der Waals surface area contributed by atoms with Gasteiger partial charge in [-0.25, -0.2) is 8.78 Å². The van der Waals surface area contributed by atoms with Gasteiger partial charge in [0.15, 0.2) is 5.82 Å². The van der Waals surface area contributed by atoms with Crippen LogP contribution in [0.2, 0.25) is 0 Å². The zero-order valence-electron chi connectivity index (χ0n) is 10.2. The number of nitrogens with one attached hydrogen (secondary N) is 1. The molecule has 7 heteroatoms. The molecule has 0 radical (unpaired) electrons. The third-order valence-electron chi connectivity index (χ3n) is 3.05. The lowest BCUT2D eigenvalue weighted by Crippen LogP contribution is -2.24. The molecule has 1 aliphatic rings. The average molecular weight is 272 g/mol. The molecule has 1 aliphatic heterocycles. The molecule has 0 amide bonds. The Morgan fingerprint density at radius 2 is 2.26 bits per heavy atom. The van der Waals surface area contributed by atoms with Crippen molar-refractivity contribution in [3.63, 3.8) is 0 Å². The zero-order chi connectivity index (χ0) is 13.8. The topological polar surface area (TPSA) is 64.4 Å². The maximum Gasteiger partial charge on any atom is 0.298 e. The molecule has 1 atom stereocenters. The van der Waals surface area contributed by atoms with Gasteiger partial charge in [-0.1, -0.05) is 0 Å². The summed E-state index contributed by atoms with van der Waals surface area (Å²) in [6.45, 7) is 1.62. The van der Waals surface area contributed by atoms with Crippen LogP contribution in [0, 0.1) is 27.7 Å². The van der Waals surface area contributed by atoms with Gasteiger partial charge in [-0.3, -0.25) is 10.1 Å². The average Bonchev–Trinajstić information content (AvgIpc) is 2.38. The molecule has 104 valence electrons. The minimum Gasteiger partial charge on any atom is -0.381 e. The second-order valence-corrected chi connectivity index (χ2v) is 4.50. The quantitative estimate of drug-likeness (QED) is 0.676. The largest absolute Gasteiger partial charge is 0.381 e. The fraction of sp³-hybridized carbons (Fsp3) is 0.500. The molecular formula is C12H14F2N2O3. The van der Waals surface area contributed by atoms with E-state index >= 15 is 0 Å². The Hall–Kier alpha value is -1.76. The van der Waals surface area contributed by atoms with E-state index in [-0.39, 0.29) is 11.6 Å². The van der Waals surface area contributed by atoms with E-state index in [1.165, 1.54) is 0 Å². The molecule has 5 nitrogen and oxygen atoms in total. The molecule has 1 unspecified atom stereocenters. The summed E-state index contributed by atoms with van der Waals surface area (Å²) in [7, 11) is 0. The highest BCUT2D eigenvalue weighted by atomic mass is 19.1. The third-order valence-corrected chi connectivity index (χ3v) is 3.05. The number of hydrogen-bond donors (Lipinski definition) is 1. The van der Waals surface area contributed by atoms with Crippen molar-refractivity contribution in [3.05, 3.63) is 33.9 Å². The fourth-order valence-electron chi connectivity index (χ4n) is 2.09. The highest BCUT2D eigenvalue weighted by molar-refractivity contribution is 5.62. The number of anilines is 1. The molecule has 19 heavy (non-hydrogen) atoms. The summed E-state index contributed by atoms with van der Waals surface area (Å²) in [6.07, 6.45) is 1.84. The minimum absolute atomic E-state index is 0.179. The van der Waals surface area contributed by atoms with E-state index in [0.717, 1.165) is 12.8 Å². The summed E-state index contributed by atoms with van der Waals surface area (Å²) in [6, 6.07) is 1.34. The molecule has 1 N–H and O–H groups in total. The molecule has 0 aliphatic carbocycles. The Kier molecular flexibility index (Phi) is 4.26. The first-order chi connectivity index (χ1) is 9.08. The number of halogens is 2. The predicted octanol–water partition coefficient (Wildman–Crippen LogP) is 2.71. The first-order valence-corrected chi connectivity index (χ1v) is 6.03. The molecule has 2 rings (SSSR count). The number of hydrogen-bond acceptors (Lipinski definition) is 4. The molecule has 1 aromatic carbocycles. The summed E-state index contributed by atoms with van der Waals surface area (Å²) < 4.78 is 31.8. The molecule has 0 spiro atoms. The lowest BCUT2D eigenvalue weighted by atomic mass is 10.0. The van der Waals surface area contributed by atoms with E-state index in [0.29, 0.717) is 31.9 Å². The van der Waals surface area contributed by atoms with Gasteiger partial charge >= 0.3 is 0 Å². The van der Waals surface area contributed by atoms with E-state index < -0.39 is 22.2 Å². The van der Waals surface area contributed by atoms with Crippen molar-refractivity contribution in [3.8, 4) is 0 Å². The summed E-state index contributed by atoms with van der Waals surface area (Å²) >= 11 is 0. The molecular weight excluding hydrogens is 258 g/mol. The molecule has 0 saturated carbocycles. The predicted molar refractivity (Wildman–Crippen MR) is 65.0 cm³/mol. The van der Waals surface area contributed by atoms with Crippen molar-refractivity contribution in [2.45, 2.75) is 12.8 Å². The van der Waals surface area contributed by atoms with E-state index in [2.05, 4.69) is 5.32 Å². The van der Waals surface area contributed by atoms with Crippen LogP contribution in [-0.4, -0.2) is 24.7 Å². The van der Waals surface area contributed by atoms with E-state index in [1.54, 1.807) is 0 Å². The van der Waals surface area contributed by atoms with Crippen molar-refractivity contribution in [1.29, 1.82) is 0 Å². The lowest BCUT2D eigenvalue weighted by molar-refractivity contribution is -0.384. The van der Waals surface area contributed by atoms with Crippen molar-refractivity contribution in [2.24, 2.45) is 5.92 Å². The number of ether oxygens (including phenoxy) is 1. The maximum absolute atomic E-state index is 13.6. The Morgan fingerprint density at radius 1 is 1.47 bits per heavy atom. The molecule has 1 heterocycles. The van der Waals surface area contributed by atoms with Crippen molar-refractivity contribution in [2.75, 3.05) is 25.1 Å². The van der Waals surface area contributed by atoms with Gasteiger partial charge in [0, 0.05) is 19.2 Å². The van der Waals surface area contributed by atoms with Gasteiger partial charge in [0.25, 0.3) is 5.69 Å². The van der Waals surface area contributed by atoms with E-state index in [4.69, 9.17) is 4.74 Å². The third kappa shape index (κ3) is 3.37. The smallest absolute Gasteiger partial charge is 0.298 e. The van der Waals surface area contributed by atoms with Crippen molar-refractivity contribution in [1.82, 2.24) is 0 Å². The number of nitrogens with zero attached hydrogens (tertiary/aromatic N) is 1. The summed E-state index contributed by atoms with van der Waals surface area (Å²) in [5.74, 6) is -1.74. The van der Waals surface area contributed by atoms with Crippen LogP contribution in [0.1, 0.15) is 12.8 Å². The van der Waals surface area contributed by atoms with E-state index in [1.807, 2.05) is 0 Å². The first kappa shape index (κ1) is 13.7. The van der Waals surface area contributed by atoms with Crippen LogP contribution < -0.4 is 5.32 Å². The molecule has 0 bridgehead atoms. The number of nitro benzene ring substituents is 1. The summed E-state index contributed by atoms with van der Waals surface area (Å²) in [4.78, 5) is 9.99. The number of rotatable bonds is 4. The highest BCUT2D eigenvalue weighted by Gasteiger charge is 2.22. The second-order valence-electron chi connectivity index (χ2n) is 4.50. The van der Waals surface area contributed by atoms with Gasteiger partial charge in [-0.05, 0) is 18.8 Å². The minimum atomic E-state index is -0.962. The Bertz CT molecular complexity index is 476. The van der Waals surface area contributed by atoms with Gasteiger partial charge in [0.05, 0.1) is 17.6 Å². The van der Waals surface area contributed by atoms with Crippen LogP contribution in [-0.2, 0) is 4.74 Å². The summed E-state index contributed by atoms with van der Waals surface area (Å²) in [5, 5.41) is 13.5. The zero-order valence-corrected chi connectivity index (χ0v) is 10.2. The highest BCUT2D eigenvalue weighted by Crippen LogP contribution is 2.29. The molecule has 1 saturated heterocycles. The van der Waals surface area contributed by atoms with Crippen LogP contribution in [0.5, 0.6) is 0 Å². The van der Waals surface area contributed by atoms with Crippen LogP contribution in [0.15, 0.2) is 12.1 Å². The van der Waals surface area contributed by atoms with Crippen molar-refractivity contribution < 1.29 is 18.4 Å². The van der Waals surface area contributed by atoms with Gasteiger partial charge in [0.1, 0.15) is 11.5 Å². The van der Waals surface area contributed by atoms with Gasteiger partial charge in [0.2, 0.25) is 0 Å². The van der Waals surface area contributed by atoms with Crippen LogP contribution in [0.25, 0.3) is 0 Å². The molecule has 1 fully saturated rings. The number of benzene rings is 1. The second kappa shape index (κ2) is 5.92. The number of nitro groups is 1. The normalized spacial score (nSPS) is 19.2. The van der Waals surface area contributed by atoms with Crippen LogP contribution in [0.3, 0.4) is 0 Å². The SMILES string of the molecule is O=[N+]([O-])c1cc(F)cc(F)c1NCC1CCCOC1. The maximum atomic E-state index is 13.6. The van der Waals surface area contributed by atoms with Crippen molar-refractivity contribution >= 4 is 11.4 Å². The Labute approximate surface area is 108 Å². The Morgan fingerprint density at radius 3 is 2.89 bits per heavy atom. The van der Waals surface area contributed by atoms with Gasteiger partial charge in [-0.2, -0.15) is 0 Å². The summed E-state index contributed by atoms with van der Waals surface area (Å²) in [5.41, 5.74) is -0.855. The molecule has 1 aromatic rings. The standard InChI is InChI=1S/C12H14F2N2O3/c13-9-4-10(14)12(11(5-9)16(17)18)15-6-8-2-1-3-19-7-8/h4-5,8,15H,1-3,6-7H2. The first-order valence-electron chi connectivity index (χ1n) is 6.03. The monoisotopic (exact) mass is 272 g/mol.